The number of nitrogens with zero attached hydrogens (tertiary/aromatic N) is 2. The van der Waals surface area contributed by atoms with E-state index in [4.69, 9.17) is 10.8 Å². The normalized spacial score (nSPS) is 14.2. The van der Waals surface area contributed by atoms with Gasteiger partial charge in [0, 0.05) is 43.0 Å². The van der Waals surface area contributed by atoms with Crippen molar-refractivity contribution in [1.29, 1.82) is 0 Å². The quantitative estimate of drug-likeness (QED) is 0.0729. The molecule has 0 spiro atoms. The monoisotopic (exact) mass is 669 g/mol. The van der Waals surface area contributed by atoms with Crippen molar-refractivity contribution >= 4 is 35.6 Å². The van der Waals surface area contributed by atoms with Gasteiger partial charge in [0.25, 0.3) is 0 Å². The molecule has 11 N–H and O–H groups in total. The Labute approximate surface area is 274 Å². The number of hydrogen-bond donors (Lipinski definition) is 10. The van der Waals surface area contributed by atoms with Gasteiger partial charge >= 0.3 is 11.9 Å². The van der Waals surface area contributed by atoms with Gasteiger partial charge in [0.05, 0.1) is 25.1 Å². The van der Waals surface area contributed by atoms with E-state index in [1.165, 1.54) is 49.3 Å². The van der Waals surface area contributed by atoms with Crippen LogP contribution in [0.25, 0.3) is 0 Å². The number of rotatable bonds is 18. The number of aliphatic carboxylic acids is 2. The molecule has 0 aliphatic carbocycles. The Morgan fingerprint density at radius 3 is 1.73 bits per heavy atom. The molecule has 48 heavy (non-hydrogen) atoms. The molecular formula is C30H39N9O9. The van der Waals surface area contributed by atoms with Crippen LogP contribution in [-0.4, -0.2) is 101 Å². The van der Waals surface area contributed by atoms with Gasteiger partial charge in [-0.2, -0.15) is 0 Å². The van der Waals surface area contributed by atoms with Crippen LogP contribution < -0.4 is 27.0 Å². The van der Waals surface area contributed by atoms with Crippen molar-refractivity contribution in [3.8, 4) is 5.75 Å². The maximum absolute atomic E-state index is 13.7. The maximum Gasteiger partial charge on any atom is 0.326 e. The smallest absolute Gasteiger partial charge is 0.326 e. The second-order valence-electron chi connectivity index (χ2n) is 11.4. The topological polar surface area (TPSA) is 295 Å². The van der Waals surface area contributed by atoms with Gasteiger partial charge in [0.15, 0.2) is 0 Å². The highest BCUT2D eigenvalue weighted by Gasteiger charge is 2.34. The molecule has 1 aromatic carbocycles. The highest BCUT2D eigenvalue weighted by Crippen LogP contribution is 2.13. The predicted molar refractivity (Wildman–Crippen MR) is 167 cm³/mol. The van der Waals surface area contributed by atoms with Crippen LogP contribution in [0.1, 0.15) is 37.2 Å². The number of hydrogen-bond acceptors (Lipinski definition) is 10. The fourth-order valence-electron chi connectivity index (χ4n) is 4.60. The summed E-state index contributed by atoms with van der Waals surface area (Å²) in [5.74, 6) is -6.53. The van der Waals surface area contributed by atoms with Crippen LogP contribution in [0.4, 0.5) is 0 Å². The number of aromatic amines is 2. The molecule has 2 heterocycles. The fraction of sp³-hybridized carbons (Fsp3) is 0.400. The third-order valence-corrected chi connectivity index (χ3v) is 7.19. The first-order valence-corrected chi connectivity index (χ1v) is 14.9. The lowest BCUT2D eigenvalue weighted by molar-refractivity contribution is -0.142. The molecule has 4 amide bonds. The van der Waals surface area contributed by atoms with Crippen molar-refractivity contribution in [1.82, 2.24) is 41.2 Å². The Morgan fingerprint density at radius 2 is 1.23 bits per heavy atom. The van der Waals surface area contributed by atoms with Crippen molar-refractivity contribution < 1.29 is 44.1 Å². The van der Waals surface area contributed by atoms with E-state index in [0.29, 0.717) is 17.0 Å². The van der Waals surface area contributed by atoms with Crippen LogP contribution in [0.2, 0.25) is 0 Å². The molecule has 0 aliphatic heterocycles. The van der Waals surface area contributed by atoms with E-state index < -0.39 is 78.1 Å². The summed E-state index contributed by atoms with van der Waals surface area (Å²) in [5, 5.41) is 38.4. The number of carbonyl (C=O) groups is 6. The molecule has 0 radical (unpaired) electrons. The van der Waals surface area contributed by atoms with Gasteiger partial charge in [-0.1, -0.05) is 26.0 Å². The van der Waals surface area contributed by atoms with Gasteiger partial charge in [-0.3, -0.25) is 24.0 Å². The summed E-state index contributed by atoms with van der Waals surface area (Å²) in [6.45, 7) is 3.28. The third-order valence-electron chi connectivity index (χ3n) is 7.19. The van der Waals surface area contributed by atoms with Crippen LogP contribution in [0.3, 0.4) is 0 Å². The molecule has 3 rings (SSSR count). The van der Waals surface area contributed by atoms with Crippen LogP contribution in [0, 0.1) is 5.92 Å². The van der Waals surface area contributed by atoms with Gasteiger partial charge in [0.1, 0.15) is 29.9 Å². The number of imidazole rings is 2. The van der Waals surface area contributed by atoms with E-state index in [0.717, 1.165) is 0 Å². The highest BCUT2D eigenvalue weighted by molar-refractivity contribution is 5.96. The maximum atomic E-state index is 13.7. The number of benzene rings is 1. The summed E-state index contributed by atoms with van der Waals surface area (Å²) in [6.07, 6.45) is 4.53. The van der Waals surface area contributed by atoms with Crippen LogP contribution in [0.15, 0.2) is 49.3 Å². The van der Waals surface area contributed by atoms with E-state index in [1.807, 2.05) is 0 Å². The van der Waals surface area contributed by atoms with E-state index in [9.17, 15) is 39.0 Å². The highest BCUT2D eigenvalue weighted by atomic mass is 16.4. The Balaban J connectivity index is 1.83. The number of nitrogens with two attached hydrogens (primary N) is 1. The number of carbonyl (C=O) groups excluding carboxylic acids is 4. The Kier molecular flexibility index (Phi) is 13.2. The van der Waals surface area contributed by atoms with Gasteiger partial charge in [-0.15, -0.1) is 0 Å². The number of H-pyrrole nitrogens is 2. The lowest BCUT2D eigenvalue weighted by Crippen LogP contribution is -2.60. The van der Waals surface area contributed by atoms with Gasteiger partial charge in [0.2, 0.25) is 23.6 Å². The number of carboxylic acid groups (broad SMARTS) is 2. The van der Waals surface area contributed by atoms with Gasteiger partial charge in [-0.25, -0.2) is 14.8 Å². The molecule has 0 fully saturated rings. The van der Waals surface area contributed by atoms with Crippen molar-refractivity contribution in [3.63, 3.8) is 0 Å². The van der Waals surface area contributed by atoms with Gasteiger partial charge < -0.3 is 52.3 Å². The summed E-state index contributed by atoms with van der Waals surface area (Å²) < 4.78 is 0. The first-order chi connectivity index (χ1) is 22.7. The van der Waals surface area contributed by atoms with Crippen molar-refractivity contribution in [2.45, 2.75) is 69.7 Å². The zero-order valence-electron chi connectivity index (χ0n) is 26.2. The third kappa shape index (κ3) is 11.2. The molecule has 18 nitrogen and oxygen atoms in total. The van der Waals surface area contributed by atoms with Crippen molar-refractivity contribution in [2.75, 3.05) is 0 Å². The zero-order chi connectivity index (χ0) is 35.4. The molecular weight excluding hydrogens is 630 g/mol. The Morgan fingerprint density at radius 1 is 0.729 bits per heavy atom. The van der Waals surface area contributed by atoms with Gasteiger partial charge in [-0.05, 0) is 23.6 Å². The number of aromatic nitrogens is 4. The van der Waals surface area contributed by atoms with E-state index in [-0.39, 0.29) is 25.0 Å². The summed E-state index contributed by atoms with van der Waals surface area (Å²) in [4.78, 5) is 89.8. The van der Waals surface area contributed by atoms with E-state index >= 15 is 0 Å². The summed E-state index contributed by atoms with van der Waals surface area (Å²) in [7, 11) is 0. The van der Waals surface area contributed by atoms with Crippen LogP contribution in [-0.2, 0) is 48.0 Å². The standard InChI is InChI=1S/C30H39N9O9/c1-15(2)25(29(46)38-23(30(47)48)9-18-12-33-14-35-18)39-28(45)22(8-17-11-32-13-34-17)37-27(44)21(7-16-3-5-19(40)6-4-16)36-26(43)20(31)10-24(41)42/h3-6,11-15,20-23,25,40H,7-10,31H2,1-2H3,(H,32,34)(H,33,35)(H,36,43)(H,37,44)(H,38,46)(H,39,45)(H,41,42)(H,47,48)/t20-,21-,22-,23-,25-/m0/s1. The number of aromatic hydroxyl groups is 1. The summed E-state index contributed by atoms with van der Waals surface area (Å²) >= 11 is 0. The molecule has 0 saturated carbocycles. The SMILES string of the molecule is CC(C)[C@H](NC(=O)[C@H](Cc1cnc[nH]1)NC(=O)[C@H](Cc1ccc(O)cc1)NC(=O)[C@@H](N)CC(=O)O)C(=O)N[C@@H](Cc1cnc[nH]1)C(=O)O. The molecule has 18 heteroatoms. The minimum Gasteiger partial charge on any atom is -0.508 e. The number of nitrogens with one attached hydrogen (secondary N) is 6. The molecule has 0 saturated heterocycles. The predicted octanol–water partition coefficient (Wildman–Crippen LogP) is -1.65. The first kappa shape index (κ1) is 36.7. The Hall–Kier alpha value is -5.78. The van der Waals surface area contributed by atoms with E-state index in [2.05, 4.69) is 41.2 Å². The number of amides is 4. The minimum atomic E-state index is -1.48. The minimum absolute atomic E-state index is 0.0386. The first-order valence-electron chi connectivity index (χ1n) is 14.9. The van der Waals surface area contributed by atoms with Crippen LogP contribution in [0.5, 0.6) is 5.75 Å². The molecule has 5 atom stereocenters. The number of phenolic OH excluding ortho intramolecular Hbond substituents is 1. The van der Waals surface area contributed by atoms with Crippen molar-refractivity contribution in [3.05, 3.63) is 66.3 Å². The largest absolute Gasteiger partial charge is 0.508 e. The lowest BCUT2D eigenvalue weighted by atomic mass is 10.0. The Bertz CT molecular complexity index is 1540. The molecule has 0 unspecified atom stereocenters. The average Bonchev–Trinajstić information content (AvgIpc) is 3.74. The zero-order valence-corrected chi connectivity index (χ0v) is 26.2. The summed E-state index contributed by atoms with van der Waals surface area (Å²) in [6, 6.07) is -0.949. The molecule has 0 bridgehead atoms. The molecule has 2 aromatic heterocycles. The molecule has 258 valence electrons. The van der Waals surface area contributed by atoms with Crippen LogP contribution >= 0.6 is 0 Å². The summed E-state index contributed by atoms with van der Waals surface area (Å²) in [5.41, 5.74) is 7.12. The van der Waals surface area contributed by atoms with E-state index in [1.54, 1.807) is 13.8 Å². The second-order valence-corrected chi connectivity index (χ2v) is 11.4. The number of carboxylic acids is 2. The lowest BCUT2D eigenvalue weighted by Gasteiger charge is -2.27. The molecule has 3 aromatic rings. The molecule has 0 aliphatic rings. The number of phenols is 1. The van der Waals surface area contributed by atoms with Crippen molar-refractivity contribution in [2.24, 2.45) is 11.7 Å². The average molecular weight is 670 g/mol. The fourth-order valence-corrected chi connectivity index (χ4v) is 4.60. The second kappa shape index (κ2) is 17.2.